The second-order valence-corrected chi connectivity index (χ2v) is 6.59. The van der Waals surface area contributed by atoms with E-state index >= 15 is 0 Å². The molecule has 3 heterocycles. The van der Waals surface area contributed by atoms with Gasteiger partial charge in [-0.1, -0.05) is 35.5 Å². The summed E-state index contributed by atoms with van der Waals surface area (Å²) in [5.74, 6) is 0.919. The second-order valence-electron chi connectivity index (χ2n) is 6.59. The quantitative estimate of drug-likeness (QED) is 0.736. The average Bonchev–Trinajstić information content (AvgIpc) is 3.29. The number of benzene rings is 1. The molecule has 1 saturated heterocycles. The van der Waals surface area contributed by atoms with E-state index < -0.39 is 0 Å². The Hall–Kier alpha value is -2.40. The standard InChI is InChI=1S/C19H22N4O/c1-14-10-15(2)23(20-14)17-8-9-22(12-17)13-18-11-19(21-24-18)16-6-4-3-5-7-16/h3-7,10-11,17H,8-9,12-13H2,1-2H3/t17-/m0/s1. The first-order valence-corrected chi connectivity index (χ1v) is 8.45. The van der Waals surface area contributed by atoms with E-state index in [0.717, 1.165) is 48.8 Å². The van der Waals surface area contributed by atoms with Gasteiger partial charge >= 0.3 is 0 Å². The minimum absolute atomic E-state index is 0.454. The minimum atomic E-state index is 0.454. The molecule has 4 rings (SSSR count). The summed E-state index contributed by atoms with van der Waals surface area (Å²) < 4.78 is 7.71. The van der Waals surface area contributed by atoms with Crippen LogP contribution < -0.4 is 0 Å². The monoisotopic (exact) mass is 322 g/mol. The Morgan fingerprint density at radius 3 is 2.75 bits per heavy atom. The molecular formula is C19H22N4O. The average molecular weight is 322 g/mol. The maximum absolute atomic E-state index is 5.54. The van der Waals surface area contributed by atoms with E-state index in [0.29, 0.717) is 6.04 Å². The molecule has 1 fully saturated rings. The van der Waals surface area contributed by atoms with Gasteiger partial charge in [0, 0.05) is 30.4 Å². The van der Waals surface area contributed by atoms with Gasteiger partial charge in [-0.2, -0.15) is 5.10 Å². The zero-order valence-corrected chi connectivity index (χ0v) is 14.1. The number of nitrogens with zero attached hydrogens (tertiary/aromatic N) is 4. The molecule has 0 unspecified atom stereocenters. The van der Waals surface area contributed by atoms with Crippen molar-refractivity contribution in [1.29, 1.82) is 0 Å². The molecule has 1 aromatic carbocycles. The number of hydrogen-bond donors (Lipinski definition) is 0. The molecule has 2 aromatic heterocycles. The third kappa shape index (κ3) is 2.99. The van der Waals surface area contributed by atoms with E-state index in [1.165, 1.54) is 5.69 Å². The predicted octanol–water partition coefficient (Wildman–Crippen LogP) is 3.60. The first-order valence-electron chi connectivity index (χ1n) is 8.45. The topological polar surface area (TPSA) is 47.1 Å². The zero-order valence-electron chi connectivity index (χ0n) is 14.1. The minimum Gasteiger partial charge on any atom is -0.359 e. The summed E-state index contributed by atoms with van der Waals surface area (Å²) in [6.45, 7) is 7.05. The van der Waals surface area contributed by atoms with Crippen LogP contribution in [-0.2, 0) is 6.54 Å². The van der Waals surface area contributed by atoms with Gasteiger partial charge in [0.2, 0.25) is 0 Å². The molecule has 24 heavy (non-hydrogen) atoms. The molecule has 1 aliphatic heterocycles. The molecule has 0 amide bonds. The fourth-order valence-corrected chi connectivity index (χ4v) is 3.52. The van der Waals surface area contributed by atoms with Gasteiger partial charge in [-0.3, -0.25) is 9.58 Å². The van der Waals surface area contributed by atoms with Gasteiger partial charge in [0.05, 0.1) is 18.3 Å². The van der Waals surface area contributed by atoms with Crippen LogP contribution in [0.25, 0.3) is 11.3 Å². The Morgan fingerprint density at radius 1 is 1.17 bits per heavy atom. The Bertz CT molecular complexity index is 821. The number of aromatic nitrogens is 3. The highest BCUT2D eigenvalue weighted by Gasteiger charge is 2.26. The van der Waals surface area contributed by atoms with Gasteiger partial charge in [0.1, 0.15) is 5.69 Å². The Balaban J connectivity index is 1.42. The number of hydrogen-bond acceptors (Lipinski definition) is 4. The third-order valence-electron chi connectivity index (χ3n) is 4.65. The van der Waals surface area contributed by atoms with Crippen molar-refractivity contribution >= 4 is 0 Å². The fraction of sp³-hybridized carbons (Fsp3) is 0.368. The van der Waals surface area contributed by atoms with Gasteiger partial charge in [-0.05, 0) is 26.3 Å². The van der Waals surface area contributed by atoms with Gasteiger partial charge in [-0.25, -0.2) is 0 Å². The first-order chi connectivity index (χ1) is 11.7. The highest BCUT2D eigenvalue weighted by Crippen LogP contribution is 2.25. The Morgan fingerprint density at radius 2 is 2.00 bits per heavy atom. The summed E-state index contributed by atoms with van der Waals surface area (Å²) in [7, 11) is 0. The summed E-state index contributed by atoms with van der Waals surface area (Å²) in [4.78, 5) is 2.41. The van der Waals surface area contributed by atoms with Crippen LogP contribution in [0, 0.1) is 13.8 Å². The lowest BCUT2D eigenvalue weighted by Crippen LogP contribution is -2.21. The predicted molar refractivity (Wildman–Crippen MR) is 92.6 cm³/mol. The molecule has 5 nitrogen and oxygen atoms in total. The lowest BCUT2D eigenvalue weighted by atomic mass is 10.1. The zero-order chi connectivity index (χ0) is 16.5. The van der Waals surface area contributed by atoms with Crippen molar-refractivity contribution in [3.63, 3.8) is 0 Å². The molecule has 0 saturated carbocycles. The highest BCUT2D eigenvalue weighted by atomic mass is 16.5. The Labute approximate surface area is 141 Å². The normalized spacial score (nSPS) is 18.3. The number of likely N-dealkylation sites (tertiary alicyclic amines) is 1. The maximum Gasteiger partial charge on any atom is 0.151 e. The summed E-state index contributed by atoms with van der Waals surface area (Å²) in [6, 6.07) is 14.8. The van der Waals surface area contributed by atoms with Crippen LogP contribution in [0.1, 0.15) is 29.6 Å². The molecule has 124 valence electrons. The third-order valence-corrected chi connectivity index (χ3v) is 4.65. The maximum atomic E-state index is 5.54. The van der Waals surface area contributed by atoms with E-state index in [-0.39, 0.29) is 0 Å². The van der Waals surface area contributed by atoms with Crippen LogP contribution in [0.15, 0.2) is 47.0 Å². The Kier molecular flexibility index (Phi) is 3.94. The fourth-order valence-electron chi connectivity index (χ4n) is 3.52. The SMILES string of the molecule is Cc1cc(C)n([C@H]2CCN(Cc3cc(-c4ccccc4)no3)C2)n1. The van der Waals surface area contributed by atoms with E-state index in [1.807, 2.05) is 24.3 Å². The largest absolute Gasteiger partial charge is 0.359 e. The van der Waals surface area contributed by atoms with E-state index in [2.05, 4.69) is 51.9 Å². The van der Waals surface area contributed by atoms with Crippen LogP contribution in [0.5, 0.6) is 0 Å². The van der Waals surface area contributed by atoms with Gasteiger partial charge in [0.25, 0.3) is 0 Å². The number of rotatable bonds is 4. The van der Waals surface area contributed by atoms with Crippen molar-refractivity contribution in [2.45, 2.75) is 32.9 Å². The van der Waals surface area contributed by atoms with Crippen LogP contribution in [0.4, 0.5) is 0 Å². The smallest absolute Gasteiger partial charge is 0.151 e. The number of aryl methyl sites for hydroxylation is 2. The highest BCUT2D eigenvalue weighted by molar-refractivity contribution is 5.58. The molecule has 1 aliphatic rings. The molecular weight excluding hydrogens is 300 g/mol. The van der Waals surface area contributed by atoms with E-state index in [9.17, 15) is 0 Å². The lowest BCUT2D eigenvalue weighted by Gasteiger charge is -2.15. The molecule has 0 bridgehead atoms. The lowest BCUT2D eigenvalue weighted by molar-refractivity contribution is 0.264. The second kappa shape index (κ2) is 6.24. The van der Waals surface area contributed by atoms with Crippen LogP contribution >= 0.6 is 0 Å². The van der Waals surface area contributed by atoms with Gasteiger partial charge in [0.15, 0.2) is 5.76 Å². The molecule has 1 atom stereocenters. The summed E-state index contributed by atoms with van der Waals surface area (Å²) >= 11 is 0. The molecule has 5 heteroatoms. The molecule has 0 radical (unpaired) electrons. The van der Waals surface area contributed by atoms with Gasteiger partial charge < -0.3 is 4.52 Å². The van der Waals surface area contributed by atoms with Crippen LogP contribution in [0.3, 0.4) is 0 Å². The summed E-state index contributed by atoms with van der Waals surface area (Å²) in [5, 5.41) is 8.84. The summed E-state index contributed by atoms with van der Waals surface area (Å²) in [6.07, 6.45) is 1.13. The van der Waals surface area contributed by atoms with E-state index in [1.54, 1.807) is 0 Å². The van der Waals surface area contributed by atoms with Crippen molar-refractivity contribution in [2.75, 3.05) is 13.1 Å². The van der Waals surface area contributed by atoms with Crippen molar-refractivity contribution in [1.82, 2.24) is 19.8 Å². The van der Waals surface area contributed by atoms with Crippen molar-refractivity contribution in [3.05, 3.63) is 59.6 Å². The van der Waals surface area contributed by atoms with Crippen molar-refractivity contribution in [3.8, 4) is 11.3 Å². The molecule has 3 aromatic rings. The van der Waals surface area contributed by atoms with Crippen LogP contribution in [-0.4, -0.2) is 32.9 Å². The first kappa shape index (κ1) is 15.1. The molecule has 0 spiro atoms. The van der Waals surface area contributed by atoms with Crippen molar-refractivity contribution in [2.24, 2.45) is 0 Å². The van der Waals surface area contributed by atoms with Crippen molar-refractivity contribution < 1.29 is 4.52 Å². The summed E-state index contributed by atoms with van der Waals surface area (Å²) in [5.41, 5.74) is 4.33. The van der Waals surface area contributed by atoms with Gasteiger partial charge in [-0.15, -0.1) is 0 Å². The van der Waals surface area contributed by atoms with E-state index in [4.69, 9.17) is 4.52 Å². The molecule has 0 aliphatic carbocycles. The van der Waals surface area contributed by atoms with Crippen LogP contribution in [0.2, 0.25) is 0 Å². The molecule has 0 N–H and O–H groups in total.